The fraction of sp³-hybridized carbons (Fsp3) is 0.600. The Morgan fingerprint density at radius 2 is 1.82 bits per heavy atom. The van der Waals surface area contributed by atoms with Crippen LogP contribution in [0.25, 0.3) is 0 Å². The van der Waals surface area contributed by atoms with Gasteiger partial charge in [0.2, 0.25) is 5.95 Å². The molecule has 0 N–H and O–H groups in total. The van der Waals surface area contributed by atoms with E-state index in [-0.39, 0.29) is 12.0 Å². The number of nitrogens with zero attached hydrogens (tertiary/aromatic N) is 3. The Hall–Kier alpha value is -0.850. The van der Waals surface area contributed by atoms with Crippen molar-refractivity contribution < 1.29 is 13.2 Å². The van der Waals surface area contributed by atoms with Gasteiger partial charge in [0, 0.05) is 23.8 Å². The van der Waals surface area contributed by atoms with Crippen molar-refractivity contribution in [3.05, 3.63) is 18.0 Å². The Morgan fingerprint density at radius 1 is 1.29 bits per heavy atom. The molecule has 0 aliphatic heterocycles. The first-order valence-corrected chi connectivity index (χ1v) is 6.16. The normalized spacial score (nSPS) is 11.9. The second-order valence-electron chi connectivity index (χ2n) is 3.86. The minimum Gasteiger partial charge on any atom is -0.329 e. The van der Waals surface area contributed by atoms with Crippen molar-refractivity contribution in [2.45, 2.75) is 31.4 Å². The molecule has 17 heavy (non-hydrogen) atoms. The predicted octanol–water partition coefficient (Wildman–Crippen LogP) is 3.15. The van der Waals surface area contributed by atoms with E-state index in [0.29, 0.717) is 5.33 Å². The van der Waals surface area contributed by atoms with E-state index in [4.69, 9.17) is 0 Å². The summed E-state index contributed by atoms with van der Waals surface area (Å²) in [6, 6.07) is -0.313. The molecule has 0 aromatic carbocycles. The fourth-order valence-electron chi connectivity index (χ4n) is 1.24. The van der Waals surface area contributed by atoms with Crippen molar-refractivity contribution in [2.24, 2.45) is 0 Å². The zero-order valence-electron chi connectivity index (χ0n) is 9.50. The summed E-state index contributed by atoms with van der Waals surface area (Å²) in [7, 11) is 0. The average molecular weight is 312 g/mol. The van der Waals surface area contributed by atoms with Gasteiger partial charge in [-0.25, -0.2) is 9.97 Å². The number of hydrogen-bond acceptors (Lipinski definition) is 3. The van der Waals surface area contributed by atoms with Crippen LogP contribution in [-0.4, -0.2) is 28.7 Å². The van der Waals surface area contributed by atoms with Crippen molar-refractivity contribution in [2.75, 3.05) is 11.4 Å². The number of hydrogen-bond donors (Lipinski definition) is 0. The van der Waals surface area contributed by atoms with E-state index in [2.05, 4.69) is 25.9 Å². The molecule has 7 heteroatoms. The highest BCUT2D eigenvalue weighted by atomic mass is 79.9. The van der Waals surface area contributed by atoms with Crippen molar-refractivity contribution in [1.29, 1.82) is 0 Å². The molecule has 0 atom stereocenters. The van der Waals surface area contributed by atoms with Crippen LogP contribution in [0.1, 0.15) is 19.4 Å². The quantitative estimate of drug-likeness (QED) is 0.800. The second-order valence-corrected chi connectivity index (χ2v) is 4.42. The first-order valence-electron chi connectivity index (χ1n) is 5.04. The Bertz CT molecular complexity index is 351. The molecule has 1 rings (SSSR count). The fourth-order valence-corrected chi connectivity index (χ4v) is 1.53. The van der Waals surface area contributed by atoms with Gasteiger partial charge in [0.15, 0.2) is 0 Å². The maximum atomic E-state index is 12.4. The summed E-state index contributed by atoms with van der Waals surface area (Å²) < 4.78 is 37.2. The van der Waals surface area contributed by atoms with Gasteiger partial charge in [-0.1, -0.05) is 15.9 Å². The summed E-state index contributed by atoms with van der Waals surface area (Å²) >= 11 is 3.22. The third-order valence-corrected chi connectivity index (χ3v) is 2.72. The van der Waals surface area contributed by atoms with Crippen LogP contribution in [0.3, 0.4) is 0 Å². The molecule has 3 nitrogen and oxygen atoms in total. The van der Waals surface area contributed by atoms with E-state index < -0.39 is 12.7 Å². The van der Waals surface area contributed by atoms with Crippen LogP contribution in [0.15, 0.2) is 12.4 Å². The van der Waals surface area contributed by atoms with Gasteiger partial charge in [0.05, 0.1) is 0 Å². The summed E-state index contributed by atoms with van der Waals surface area (Å²) in [5.41, 5.74) is 0.824. The third kappa shape index (κ3) is 4.49. The number of rotatable bonds is 4. The van der Waals surface area contributed by atoms with E-state index in [0.717, 1.165) is 10.5 Å². The molecule has 1 heterocycles. The molecular weight excluding hydrogens is 299 g/mol. The Kier molecular flexibility index (Phi) is 4.73. The molecule has 0 spiro atoms. The number of halogens is 4. The highest BCUT2D eigenvalue weighted by Gasteiger charge is 2.33. The summed E-state index contributed by atoms with van der Waals surface area (Å²) in [5, 5.41) is 0.578. The van der Waals surface area contributed by atoms with E-state index >= 15 is 0 Å². The Labute approximate surface area is 106 Å². The molecule has 1 aromatic heterocycles. The topological polar surface area (TPSA) is 29.0 Å². The van der Waals surface area contributed by atoms with Gasteiger partial charge >= 0.3 is 6.18 Å². The molecule has 96 valence electrons. The molecule has 0 saturated carbocycles. The molecule has 0 saturated heterocycles. The average Bonchev–Trinajstić information content (AvgIpc) is 2.25. The van der Waals surface area contributed by atoms with Gasteiger partial charge in [0.25, 0.3) is 0 Å². The smallest absolute Gasteiger partial charge is 0.329 e. The Balaban J connectivity index is 2.89. The van der Waals surface area contributed by atoms with Crippen LogP contribution < -0.4 is 4.90 Å². The molecule has 0 amide bonds. The summed E-state index contributed by atoms with van der Waals surface area (Å²) in [5.74, 6) is 0.0991. The van der Waals surface area contributed by atoms with Crippen LogP contribution in [-0.2, 0) is 5.33 Å². The molecule has 1 aromatic rings. The van der Waals surface area contributed by atoms with E-state index in [1.807, 2.05) is 0 Å². The van der Waals surface area contributed by atoms with Gasteiger partial charge in [-0.3, -0.25) is 0 Å². The van der Waals surface area contributed by atoms with Crippen molar-refractivity contribution in [3.63, 3.8) is 0 Å². The van der Waals surface area contributed by atoms with Gasteiger partial charge in [0.1, 0.15) is 6.54 Å². The largest absolute Gasteiger partial charge is 0.406 e. The maximum absolute atomic E-state index is 12.4. The van der Waals surface area contributed by atoms with E-state index in [1.54, 1.807) is 13.8 Å². The summed E-state index contributed by atoms with van der Waals surface area (Å²) in [4.78, 5) is 9.00. The van der Waals surface area contributed by atoms with Crippen LogP contribution >= 0.6 is 15.9 Å². The SMILES string of the molecule is CC(C)N(CC(F)(F)F)c1ncc(CBr)cn1. The summed E-state index contributed by atoms with van der Waals surface area (Å²) in [6.45, 7) is 2.30. The molecule has 0 bridgehead atoms. The van der Waals surface area contributed by atoms with Gasteiger partial charge in [-0.2, -0.15) is 13.2 Å². The van der Waals surface area contributed by atoms with Crippen molar-refractivity contribution >= 4 is 21.9 Å². The highest BCUT2D eigenvalue weighted by Crippen LogP contribution is 2.21. The molecule has 0 fully saturated rings. The molecule has 0 radical (unpaired) electrons. The first-order chi connectivity index (χ1) is 7.83. The molecular formula is C10H13BrF3N3. The lowest BCUT2D eigenvalue weighted by Gasteiger charge is -2.27. The third-order valence-electron chi connectivity index (χ3n) is 2.08. The number of aromatic nitrogens is 2. The first kappa shape index (κ1) is 14.2. The van der Waals surface area contributed by atoms with E-state index in [9.17, 15) is 13.2 Å². The van der Waals surface area contributed by atoms with Crippen LogP contribution in [0.4, 0.5) is 19.1 Å². The minimum atomic E-state index is -4.26. The number of anilines is 1. The number of alkyl halides is 4. The molecule has 0 aliphatic rings. The van der Waals surface area contributed by atoms with Gasteiger partial charge < -0.3 is 4.90 Å². The van der Waals surface area contributed by atoms with Gasteiger partial charge in [-0.05, 0) is 19.4 Å². The highest BCUT2D eigenvalue weighted by molar-refractivity contribution is 9.08. The lowest BCUT2D eigenvalue weighted by atomic mass is 10.3. The Morgan fingerprint density at radius 3 is 2.18 bits per heavy atom. The van der Waals surface area contributed by atoms with Crippen LogP contribution in [0.5, 0.6) is 0 Å². The maximum Gasteiger partial charge on any atom is 0.406 e. The summed E-state index contributed by atoms with van der Waals surface area (Å²) in [6.07, 6.45) is -1.23. The zero-order valence-corrected chi connectivity index (χ0v) is 11.1. The minimum absolute atomic E-state index is 0.0991. The monoisotopic (exact) mass is 311 g/mol. The van der Waals surface area contributed by atoms with Gasteiger partial charge in [-0.15, -0.1) is 0 Å². The zero-order chi connectivity index (χ0) is 13.1. The standard InChI is InChI=1S/C10H13BrF3N3/c1-7(2)17(6-10(12,13)14)9-15-4-8(3-11)5-16-9/h4-5,7H,3,6H2,1-2H3. The lowest BCUT2D eigenvalue weighted by molar-refractivity contribution is -0.120. The second kappa shape index (κ2) is 5.66. The van der Waals surface area contributed by atoms with Crippen molar-refractivity contribution in [1.82, 2.24) is 9.97 Å². The van der Waals surface area contributed by atoms with Crippen LogP contribution in [0.2, 0.25) is 0 Å². The van der Waals surface area contributed by atoms with E-state index in [1.165, 1.54) is 12.4 Å². The molecule has 0 unspecified atom stereocenters. The lowest BCUT2D eigenvalue weighted by Crippen LogP contribution is -2.40. The van der Waals surface area contributed by atoms with Crippen LogP contribution in [0, 0.1) is 0 Å². The predicted molar refractivity (Wildman–Crippen MR) is 63.2 cm³/mol. The molecule has 0 aliphatic carbocycles. The van der Waals surface area contributed by atoms with Crippen molar-refractivity contribution in [3.8, 4) is 0 Å².